The first-order valence-corrected chi connectivity index (χ1v) is 10.1. The SMILES string of the molecule is Cc1ccc(NC(=O)C(C)Sc2nc(-c3ccco3)c(-c3ccco3)[nH]2)cc1C. The average molecular weight is 407 g/mol. The number of rotatable bonds is 6. The first-order valence-electron chi connectivity index (χ1n) is 9.24. The van der Waals surface area contributed by atoms with Crippen molar-refractivity contribution in [2.75, 3.05) is 5.32 Å². The zero-order chi connectivity index (χ0) is 20.4. The maximum absolute atomic E-state index is 12.7. The van der Waals surface area contributed by atoms with Crippen molar-refractivity contribution < 1.29 is 13.6 Å². The number of hydrogen-bond donors (Lipinski definition) is 2. The fourth-order valence-corrected chi connectivity index (χ4v) is 3.69. The number of amides is 1. The monoisotopic (exact) mass is 407 g/mol. The van der Waals surface area contributed by atoms with E-state index in [9.17, 15) is 4.79 Å². The fourth-order valence-electron chi connectivity index (χ4n) is 2.88. The molecule has 0 radical (unpaired) electrons. The minimum Gasteiger partial charge on any atom is -0.463 e. The Morgan fingerprint density at radius 2 is 1.79 bits per heavy atom. The van der Waals surface area contributed by atoms with Crippen molar-refractivity contribution in [2.24, 2.45) is 0 Å². The second kappa shape index (κ2) is 8.05. The van der Waals surface area contributed by atoms with E-state index in [0.717, 1.165) is 11.3 Å². The van der Waals surface area contributed by atoms with Crippen molar-refractivity contribution in [3.63, 3.8) is 0 Å². The summed E-state index contributed by atoms with van der Waals surface area (Å²) in [6, 6.07) is 13.2. The lowest BCUT2D eigenvalue weighted by molar-refractivity contribution is -0.115. The summed E-state index contributed by atoms with van der Waals surface area (Å²) in [7, 11) is 0. The van der Waals surface area contributed by atoms with Gasteiger partial charge in [0.1, 0.15) is 11.4 Å². The smallest absolute Gasteiger partial charge is 0.237 e. The van der Waals surface area contributed by atoms with Gasteiger partial charge < -0.3 is 19.1 Å². The van der Waals surface area contributed by atoms with Crippen molar-refractivity contribution in [2.45, 2.75) is 31.2 Å². The number of aryl methyl sites for hydroxylation is 2. The summed E-state index contributed by atoms with van der Waals surface area (Å²) in [5, 5.41) is 3.23. The first kappa shape index (κ1) is 19.1. The van der Waals surface area contributed by atoms with E-state index in [4.69, 9.17) is 8.83 Å². The molecule has 4 aromatic rings. The highest BCUT2D eigenvalue weighted by Gasteiger charge is 2.22. The lowest BCUT2D eigenvalue weighted by Crippen LogP contribution is -2.22. The van der Waals surface area contributed by atoms with Crippen molar-refractivity contribution in [1.29, 1.82) is 0 Å². The molecule has 0 saturated carbocycles. The number of carbonyl (C=O) groups excluding carboxylic acids is 1. The number of thioether (sulfide) groups is 1. The molecule has 2 N–H and O–H groups in total. The number of hydrogen-bond acceptors (Lipinski definition) is 5. The zero-order valence-corrected chi connectivity index (χ0v) is 17.2. The van der Waals surface area contributed by atoms with E-state index >= 15 is 0 Å². The summed E-state index contributed by atoms with van der Waals surface area (Å²) < 4.78 is 11.0. The Bertz CT molecular complexity index is 1060. The number of imidazole rings is 1. The van der Waals surface area contributed by atoms with Crippen LogP contribution in [0.4, 0.5) is 5.69 Å². The fraction of sp³-hybridized carbons (Fsp3) is 0.182. The van der Waals surface area contributed by atoms with Crippen LogP contribution in [0.1, 0.15) is 18.1 Å². The number of H-pyrrole nitrogens is 1. The van der Waals surface area contributed by atoms with Crippen LogP contribution in [0.25, 0.3) is 22.9 Å². The summed E-state index contributed by atoms with van der Waals surface area (Å²) >= 11 is 1.35. The van der Waals surface area contributed by atoms with Gasteiger partial charge in [-0.15, -0.1) is 0 Å². The van der Waals surface area contributed by atoms with E-state index in [1.54, 1.807) is 12.5 Å². The lowest BCUT2D eigenvalue weighted by Gasteiger charge is -2.11. The van der Waals surface area contributed by atoms with Gasteiger partial charge >= 0.3 is 0 Å². The van der Waals surface area contributed by atoms with Crippen molar-refractivity contribution in [3.8, 4) is 22.9 Å². The number of anilines is 1. The molecular weight excluding hydrogens is 386 g/mol. The van der Waals surface area contributed by atoms with Crippen LogP contribution in [0.15, 0.2) is 69.0 Å². The highest BCUT2D eigenvalue weighted by atomic mass is 32.2. The molecule has 0 saturated heterocycles. The van der Waals surface area contributed by atoms with Gasteiger partial charge in [-0.05, 0) is 68.3 Å². The molecule has 4 rings (SSSR count). The minimum atomic E-state index is -0.350. The van der Waals surface area contributed by atoms with Crippen LogP contribution >= 0.6 is 11.8 Å². The second-order valence-electron chi connectivity index (χ2n) is 6.77. The van der Waals surface area contributed by atoms with Crippen LogP contribution in [-0.2, 0) is 4.79 Å². The third-order valence-corrected chi connectivity index (χ3v) is 5.62. The molecular formula is C22H21N3O3S. The molecule has 148 valence electrons. The van der Waals surface area contributed by atoms with E-state index in [2.05, 4.69) is 15.3 Å². The van der Waals surface area contributed by atoms with E-state index < -0.39 is 0 Å². The Morgan fingerprint density at radius 3 is 2.45 bits per heavy atom. The lowest BCUT2D eigenvalue weighted by atomic mass is 10.1. The van der Waals surface area contributed by atoms with Crippen LogP contribution in [0.5, 0.6) is 0 Å². The van der Waals surface area contributed by atoms with Gasteiger partial charge in [-0.1, -0.05) is 17.8 Å². The van der Waals surface area contributed by atoms with E-state index in [0.29, 0.717) is 28.1 Å². The number of nitrogens with zero attached hydrogens (tertiary/aromatic N) is 1. The molecule has 3 heterocycles. The Hall–Kier alpha value is -3.19. The number of benzene rings is 1. The predicted octanol–water partition coefficient (Wildman–Crippen LogP) is 5.67. The van der Waals surface area contributed by atoms with Crippen molar-refractivity contribution in [3.05, 3.63) is 66.1 Å². The highest BCUT2D eigenvalue weighted by molar-refractivity contribution is 8.00. The molecule has 0 aliphatic heterocycles. The molecule has 1 amide bonds. The number of furan rings is 2. The van der Waals surface area contributed by atoms with Gasteiger partial charge in [-0.3, -0.25) is 4.79 Å². The molecule has 0 aliphatic rings. The van der Waals surface area contributed by atoms with E-state index in [-0.39, 0.29) is 11.2 Å². The largest absolute Gasteiger partial charge is 0.463 e. The first-order chi connectivity index (χ1) is 14.0. The molecule has 0 fully saturated rings. The number of aromatic amines is 1. The second-order valence-corrected chi connectivity index (χ2v) is 8.10. The summed E-state index contributed by atoms with van der Waals surface area (Å²) in [6.07, 6.45) is 3.21. The molecule has 3 aromatic heterocycles. The van der Waals surface area contributed by atoms with Gasteiger partial charge in [0.05, 0.1) is 17.8 Å². The number of carbonyl (C=O) groups is 1. The summed E-state index contributed by atoms with van der Waals surface area (Å²) in [5.74, 6) is 1.20. The van der Waals surface area contributed by atoms with E-state index in [1.165, 1.54) is 17.3 Å². The van der Waals surface area contributed by atoms with Crippen LogP contribution in [0.2, 0.25) is 0 Å². The molecule has 1 aromatic carbocycles. The van der Waals surface area contributed by atoms with Crippen LogP contribution in [0.3, 0.4) is 0 Å². The van der Waals surface area contributed by atoms with Gasteiger partial charge in [-0.25, -0.2) is 4.98 Å². The molecule has 29 heavy (non-hydrogen) atoms. The molecule has 0 aliphatic carbocycles. The number of nitrogens with one attached hydrogen (secondary N) is 2. The number of aromatic nitrogens is 2. The molecule has 1 atom stereocenters. The van der Waals surface area contributed by atoms with E-state index in [1.807, 2.05) is 63.2 Å². The van der Waals surface area contributed by atoms with Crippen LogP contribution in [0, 0.1) is 13.8 Å². The maximum Gasteiger partial charge on any atom is 0.237 e. The standard InChI is InChI=1S/C22H21N3O3S/c1-13-8-9-16(12-14(13)2)23-21(26)15(3)29-22-24-19(17-6-4-10-27-17)20(25-22)18-7-5-11-28-18/h4-12,15H,1-3H3,(H,23,26)(H,24,25). The highest BCUT2D eigenvalue weighted by Crippen LogP contribution is 2.34. The molecule has 0 bridgehead atoms. The molecule has 7 heteroatoms. The molecule has 0 spiro atoms. The normalized spacial score (nSPS) is 12.1. The maximum atomic E-state index is 12.7. The van der Waals surface area contributed by atoms with Crippen molar-refractivity contribution in [1.82, 2.24) is 9.97 Å². The van der Waals surface area contributed by atoms with Gasteiger partial charge in [-0.2, -0.15) is 0 Å². The van der Waals surface area contributed by atoms with Gasteiger partial charge in [0.15, 0.2) is 16.7 Å². The average Bonchev–Trinajstić information content (AvgIpc) is 3.45. The van der Waals surface area contributed by atoms with Crippen LogP contribution in [-0.4, -0.2) is 21.1 Å². The predicted molar refractivity (Wildman–Crippen MR) is 114 cm³/mol. The minimum absolute atomic E-state index is 0.0891. The zero-order valence-electron chi connectivity index (χ0n) is 16.4. The molecule has 1 unspecified atom stereocenters. The Labute approximate surface area is 172 Å². The van der Waals surface area contributed by atoms with Gasteiger partial charge in [0.2, 0.25) is 5.91 Å². The van der Waals surface area contributed by atoms with Gasteiger partial charge in [0, 0.05) is 5.69 Å². The summed E-state index contributed by atoms with van der Waals surface area (Å²) in [5.41, 5.74) is 4.48. The van der Waals surface area contributed by atoms with Gasteiger partial charge in [0.25, 0.3) is 0 Å². The third kappa shape index (κ3) is 4.14. The van der Waals surface area contributed by atoms with Crippen molar-refractivity contribution >= 4 is 23.4 Å². The van der Waals surface area contributed by atoms with Crippen LogP contribution < -0.4 is 5.32 Å². The summed E-state index contributed by atoms with van der Waals surface area (Å²) in [4.78, 5) is 20.5. The topological polar surface area (TPSA) is 84.1 Å². The Kier molecular flexibility index (Phi) is 5.31. The Morgan fingerprint density at radius 1 is 1.07 bits per heavy atom. The quantitative estimate of drug-likeness (QED) is 0.403. The third-order valence-electron chi connectivity index (χ3n) is 4.64. The summed E-state index contributed by atoms with van der Waals surface area (Å²) in [6.45, 7) is 5.92. The molecule has 6 nitrogen and oxygen atoms in total. The Balaban J connectivity index is 1.53.